The van der Waals surface area contributed by atoms with E-state index in [-0.39, 0.29) is 0 Å². The largest absolute Gasteiger partial charge is 0.372 e. The average molecular weight is 1770 g/mol. The molecule has 16 heterocycles. The SMILES string of the molecule is C1=C(c2ccc3[nH]ccc3c2)c2cc(-c3ccc(CN4CC5CCC(C4)O5)cc3)cnc2C1.CN1C2CCC1CN(Cc1ccc(-c3cnc4c(c3)C(c3ccc5[nH]ccc5c3)=CC4)cc1)C2.CN1C2CCC1CN(Cc1ccc(-c3cnc4c(c3)C(c3cccc5[nH]ccc35)=CC4)cc1)C2.CN1CC2CCC(C1)N2Cc1ccc(-c2cnc3c(c2)C(c2ccc4[nH]ccc4c2)=CC3)cc1. The lowest BCUT2D eigenvalue weighted by molar-refractivity contribution is -0.0410. The highest BCUT2D eigenvalue weighted by Gasteiger charge is 2.41. The van der Waals surface area contributed by atoms with Crippen molar-refractivity contribution in [2.45, 2.75) is 152 Å². The van der Waals surface area contributed by atoms with Crippen LogP contribution in [0.2, 0.25) is 0 Å². The van der Waals surface area contributed by atoms with E-state index in [4.69, 9.17) is 24.7 Å². The maximum atomic E-state index is 5.98. The molecular weight excluding hydrogens is 1660 g/mol. The molecule has 16 heteroatoms. The number of hydrogen-bond donors (Lipinski definition) is 4. The van der Waals surface area contributed by atoms with E-state index in [1.807, 2.05) is 49.6 Å². The molecule has 8 bridgehead atoms. The summed E-state index contributed by atoms with van der Waals surface area (Å²) >= 11 is 0. The number of nitrogens with one attached hydrogen (secondary N) is 4. The van der Waals surface area contributed by atoms with E-state index >= 15 is 0 Å². The number of likely N-dealkylation sites (N-methyl/N-ethyl adjacent to an activating group) is 3. The van der Waals surface area contributed by atoms with Crippen LogP contribution >= 0.6 is 0 Å². The fourth-order valence-corrected chi connectivity index (χ4v) is 24.6. The number of allylic oxidation sites excluding steroid dienone is 4. The number of hydrogen-bond acceptors (Lipinski definition) is 12. The topological polar surface area (TPSA) is 147 Å². The van der Waals surface area contributed by atoms with Crippen LogP contribution < -0.4 is 0 Å². The molecule has 4 aliphatic carbocycles. The van der Waals surface area contributed by atoms with Gasteiger partial charge in [-0.05, 0) is 269 Å². The predicted octanol–water partition coefficient (Wildman–Crippen LogP) is 22.1. The van der Waals surface area contributed by atoms with Gasteiger partial charge in [0.05, 0.1) is 35.0 Å². The second-order valence-electron chi connectivity index (χ2n) is 40.5. The number of rotatable bonds is 16. The summed E-state index contributed by atoms with van der Waals surface area (Å²) in [6.07, 6.45) is 40.5. The smallest absolute Gasteiger partial charge is 0.0707 e. The number of pyridine rings is 4. The first-order valence-electron chi connectivity index (χ1n) is 49.6. The number of aromatic nitrogens is 8. The minimum Gasteiger partial charge on any atom is -0.372 e. The minimum atomic E-state index is 0.445. The van der Waals surface area contributed by atoms with Crippen molar-refractivity contribution in [2.24, 2.45) is 0 Å². The molecule has 8 aliphatic heterocycles. The summed E-state index contributed by atoms with van der Waals surface area (Å²) in [5.74, 6) is 0. The third kappa shape index (κ3) is 16.8. The van der Waals surface area contributed by atoms with Gasteiger partial charge in [-0.2, -0.15) is 0 Å². The quantitative estimate of drug-likeness (QED) is 0.0730. The Morgan fingerprint density at radius 3 is 0.993 bits per heavy atom. The van der Waals surface area contributed by atoms with Crippen LogP contribution in [0.4, 0.5) is 0 Å². The predicted molar refractivity (Wildman–Crippen MR) is 548 cm³/mol. The number of likely N-dealkylation sites (tertiary alicyclic amines) is 4. The maximum absolute atomic E-state index is 5.98. The second kappa shape index (κ2) is 35.8. The van der Waals surface area contributed by atoms with Gasteiger partial charge in [0.1, 0.15) is 0 Å². The summed E-state index contributed by atoms with van der Waals surface area (Å²) in [7, 11) is 6.87. The highest BCUT2D eigenvalue weighted by molar-refractivity contribution is 5.99. The number of fused-ring (bicyclic) bond motifs is 16. The Morgan fingerprint density at radius 2 is 0.607 bits per heavy atom. The number of piperazine rings is 3. The monoisotopic (exact) mass is 1770 g/mol. The Kier molecular flexibility index (Phi) is 22.2. The molecule has 16 nitrogen and oxygen atoms in total. The maximum Gasteiger partial charge on any atom is 0.0707 e. The third-order valence-corrected chi connectivity index (χ3v) is 32.0. The number of H-pyrrole nitrogens is 4. The first-order chi connectivity index (χ1) is 66.4. The van der Waals surface area contributed by atoms with Crippen molar-refractivity contribution in [3.63, 3.8) is 0 Å². The zero-order valence-corrected chi connectivity index (χ0v) is 77.6. The van der Waals surface area contributed by atoms with Gasteiger partial charge >= 0.3 is 0 Å². The molecule has 674 valence electrons. The molecule has 4 N–H and O–H groups in total. The van der Waals surface area contributed by atoms with Gasteiger partial charge < -0.3 is 29.6 Å². The van der Waals surface area contributed by atoms with Gasteiger partial charge in [0, 0.05) is 262 Å². The van der Waals surface area contributed by atoms with Crippen LogP contribution in [0.5, 0.6) is 0 Å². The van der Waals surface area contributed by atoms with Gasteiger partial charge in [0.2, 0.25) is 0 Å². The second-order valence-corrected chi connectivity index (χ2v) is 40.5. The number of nitrogens with zero attached hydrogens (tertiary/aromatic N) is 11. The highest BCUT2D eigenvalue weighted by atomic mass is 16.5. The van der Waals surface area contributed by atoms with Crippen molar-refractivity contribution in [1.29, 1.82) is 0 Å². The zero-order chi connectivity index (χ0) is 89.7. The van der Waals surface area contributed by atoms with E-state index < -0.39 is 0 Å². The van der Waals surface area contributed by atoms with Crippen molar-refractivity contribution in [3.8, 4) is 44.5 Å². The lowest BCUT2D eigenvalue weighted by Crippen LogP contribution is -2.51. The van der Waals surface area contributed by atoms with Gasteiger partial charge in [-0.1, -0.05) is 152 Å². The van der Waals surface area contributed by atoms with Crippen LogP contribution in [0.25, 0.3) is 110 Å². The summed E-state index contributed by atoms with van der Waals surface area (Å²) in [5.41, 5.74) is 40.0. The molecule has 0 radical (unpaired) electrons. The standard InChI is InChI=1S/3C30H30N4.C29H27N3O/c1-33-25-7-8-26(33)19-34(18-25)17-20-2-4-21(5-3-20)24-15-28-27(9-11-30(28)32-16-24)22-6-10-29-23(14-22)12-13-31-29;1-33-18-25-7-8-26(19-33)34(25)17-20-2-4-21(5-3-20)24-15-28-27(9-11-30(28)32-16-24)22-6-10-29-23(14-22)12-13-31-29;1-33-23-9-10-24(33)19-34(18-23)17-20-5-7-21(8-6-20)22-15-28-26(11-12-30(28)32-16-22)25-3-2-4-29-27(25)13-14-31-29;1-3-20(4-2-19(1)16-32-17-24-6-7-25(18-32)33-24)23-14-27-26(8-10-29(27)31-15-23)21-5-9-28-22(13-21)11-12-30-28/h2*2-6,9-10,12-16,25-26,31H,7-8,11,17-19H2,1H3;2-8,11,13-16,23-24,31H,9-10,12,17-19H2,1H3;1-5,8-9,11-15,24-25,30H,6-7,10,16-18H2. The summed E-state index contributed by atoms with van der Waals surface area (Å²) in [4.78, 5) is 50.8. The van der Waals surface area contributed by atoms with Crippen LogP contribution in [0, 0.1) is 0 Å². The molecular formula is C119H117N15O. The molecule has 12 aliphatic rings. The van der Waals surface area contributed by atoms with E-state index in [2.05, 4.69) is 318 Å². The highest BCUT2D eigenvalue weighted by Crippen LogP contribution is 2.44. The fourth-order valence-electron chi connectivity index (χ4n) is 24.6. The molecule has 8 aromatic heterocycles. The van der Waals surface area contributed by atoms with Gasteiger partial charge in [0.15, 0.2) is 0 Å². The molecule has 0 spiro atoms. The van der Waals surface area contributed by atoms with E-state index in [1.165, 1.54) is 291 Å². The summed E-state index contributed by atoms with van der Waals surface area (Å²) in [6.45, 7) is 13.5. The Labute approximate surface area is 791 Å². The van der Waals surface area contributed by atoms with Crippen LogP contribution in [0.3, 0.4) is 0 Å². The van der Waals surface area contributed by atoms with Gasteiger partial charge in [-0.25, -0.2) is 0 Å². The Bertz CT molecular complexity index is 7230. The normalized spacial score (nSPS) is 22.2. The van der Waals surface area contributed by atoms with E-state index in [9.17, 15) is 0 Å². The van der Waals surface area contributed by atoms with Crippen LogP contribution in [-0.2, 0) is 56.6 Å². The van der Waals surface area contributed by atoms with Crippen molar-refractivity contribution in [1.82, 2.24) is 74.2 Å². The van der Waals surface area contributed by atoms with Crippen LogP contribution in [-0.4, -0.2) is 196 Å². The van der Waals surface area contributed by atoms with Gasteiger partial charge in [-0.15, -0.1) is 0 Å². The van der Waals surface area contributed by atoms with Gasteiger partial charge in [0.25, 0.3) is 0 Å². The molecule has 0 amide bonds. The minimum absolute atomic E-state index is 0.445. The van der Waals surface area contributed by atoms with E-state index in [0.717, 1.165) is 101 Å². The van der Waals surface area contributed by atoms with Crippen molar-refractivity contribution >= 4 is 65.9 Å². The molecule has 135 heavy (non-hydrogen) atoms. The molecule has 28 rings (SSSR count). The van der Waals surface area contributed by atoms with Gasteiger partial charge in [-0.3, -0.25) is 49.3 Å². The number of ether oxygens (including phenoxy) is 1. The Balaban J connectivity index is 0.0000000960. The Morgan fingerprint density at radius 1 is 0.281 bits per heavy atom. The number of benzene rings is 8. The van der Waals surface area contributed by atoms with Crippen LogP contribution in [0.15, 0.2) is 292 Å². The fraction of sp³-hybridized carbons (Fsp3) is 0.294. The summed E-state index contributed by atoms with van der Waals surface area (Å²) in [5, 5.41) is 5.02. The number of morpholine rings is 1. The summed E-state index contributed by atoms with van der Waals surface area (Å²) < 4.78 is 5.98. The molecule has 8 atom stereocenters. The van der Waals surface area contributed by atoms with Crippen molar-refractivity contribution < 1.29 is 4.74 Å². The molecule has 0 saturated carbocycles. The third-order valence-electron chi connectivity index (χ3n) is 32.0. The lowest BCUT2D eigenvalue weighted by atomic mass is 9.95. The Hall–Kier alpha value is -12.8. The summed E-state index contributed by atoms with van der Waals surface area (Å²) in [6, 6.07) is 85.3. The molecule has 16 aromatic rings. The zero-order valence-electron chi connectivity index (χ0n) is 77.6. The lowest BCUT2D eigenvalue weighted by Gasteiger charge is -2.39. The molecule has 8 aromatic carbocycles. The van der Waals surface area contributed by atoms with E-state index in [0.29, 0.717) is 12.2 Å². The number of aromatic amines is 4. The first kappa shape index (κ1) is 83.9. The van der Waals surface area contributed by atoms with Crippen molar-refractivity contribution in [3.05, 3.63) is 382 Å². The first-order valence-corrected chi connectivity index (χ1v) is 49.6. The average Bonchev–Trinajstić information content (AvgIpc) is 1.61. The van der Waals surface area contributed by atoms with Crippen LogP contribution in [0.1, 0.15) is 141 Å². The van der Waals surface area contributed by atoms with E-state index in [1.54, 1.807) is 0 Å². The molecule has 8 fully saturated rings. The molecule has 8 unspecified atom stereocenters. The van der Waals surface area contributed by atoms with Crippen molar-refractivity contribution in [2.75, 3.05) is 73.5 Å². The molecule has 8 saturated heterocycles.